The highest BCUT2D eigenvalue weighted by atomic mass is 32.2. The molecule has 0 atom stereocenters. The third-order valence-electron chi connectivity index (χ3n) is 4.81. The number of nitrogens with one attached hydrogen (secondary N) is 1. The van der Waals surface area contributed by atoms with Crippen LogP contribution in [0, 0.1) is 0 Å². The van der Waals surface area contributed by atoms with E-state index in [9.17, 15) is 4.79 Å². The van der Waals surface area contributed by atoms with Crippen molar-refractivity contribution in [3.05, 3.63) is 77.9 Å². The molecule has 148 valence electrons. The van der Waals surface area contributed by atoms with E-state index in [4.69, 9.17) is 4.74 Å². The maximum absolute atomic E-state index is 12.6. The van der Waals surface area contributed by atoms with Gasteiger partial charge in [0.2, 0.25) is 0 Å². The number of rotatable bonds is 5. The second-order valence-corrected chi connectivity index (χ2v) is 8.00. The molecule has 0 saturated carbocycles. The van der Waals surface area contributed by atoms with E-state index in [2.05, 4.69) is 33.0 Å². The maximum Gasteiger partial charge on any atom is 0.271 e. The Labute approximate surface area is 174 Å². The topological polar surface area (TPSA) is 53.9 Å². The summed E-state index contributed by atoms with van der Waals surface area (Å²) in [5, 5.41) is 6.62. The standard InChI is InChI=1S/C23H23N3O2S/c1-17(21-11-5-7-18-6-2-3-10-22(18)21)24-25-23(27)19-8-4-9-20(16-19)29-26-12-14-28-15-13-26/h2-11,16H,12-15H2,1H3,(H,25,27)/b24-17+. The number of hydrazone groups is 1. The zero-order valence-electron chi connectivity index (χ0n) is 16.3. The molecule has 5 nitrogen and oxygen atoms in total. The van der Waals surface area contributed by atoms with Gasteiger partial charge in [-0.25, -0.2) is 9.73 Å². The maximum atomic E-state index is 12.6. The largest absolute Gasteiger partial charge is 0.379 e. The van der Waals surface area contributed by atoms with Gasteiger partial charge < -0.3 is 4.74 Å². The van der Waals surface area contributed by atoms with Gasteiger partial charge in [-0.05, 0) is 47.8 Å². The smallest absolute Gasteiger partial charge is 0.271 e. The van der Waals surface area contributed by atoms with E-state index in [0.29, 0.717) is 5.56 Å². The summed E-state index contributed by atoms with van der Waals surface area (Å²) in [7, 11) is 0. The van der Waals surface area contributed by atoms with Gasteiger partial charge in [0.05, 0.1) is 18.9 Å². The zero-order chi connectivity index (χ0) is 20.1. The van der Waals surface area contributed by atoms with Gasteiger partial charge in [0.15, 0.2) is 0 Å². The summed E-state index contributed by atoms with van der Waals surface area (Å²) < 4.78 is 7.64. The molecule has 3 aromatic rings. The molecule has 29 heavy (non-hydrogen) atoms. The summed E-state index contributed by atoms with van der Waals surface area (Å²) in [6.07, 6.45) is 0. The fourth-order valence-corrected chi connectivity index (χ4v) is 4.23. The number of benzene rings is 3. The lowest BCUT2D eigenvalue weighted by Crippen LogP contribution is -2.30. The van der Waals surface area contributed by atoms with Crippen LogP contribution < -0.4 is 5.43 Å². The van der Waals surface area contributed by atoms with Crippen molar-refractivity contribution in [1.82, 2.24) is 9.73 Å². The van der Waals surface area contributed by atoms with Crippen molar-refractivity contribution in [1.29, 1.82) is 0 Å². The number of hydrogen-bond acceptors (Lipinski definition) is 5. The molecular formula is C23H23N3O2S. The lowest BCUT2D eigenvalue weighted by atomic mass is 10.0. The van der Waals surface area contributed by atoms with Crippen molar-refractivity contribution in [3.63, 3.8) is 0 Å². The number of carbonyl (C=O) groups is 1. The van der Waals surface area contributed by atoms with E-state index in [1.165, 1.54) is 0 Å². The zero-order valence-corrected chi connectivity index (χ0v) is 17.1. The molecule has 4 rings (SSSR count). The first kappa shape index (κ1) is 19.6. The summed E-state index contributed by atoms with van der Waals surface area (Å²) in [5.41, 5.74) is 5.08. The summed E-state index contributed by atoms with van der Waals surface area (Å²) in [5.74, 6) is -0.214. The number of fused-ring (bicyclic) bond motifs is 1. The molecule has 6 heteroatoms. The highest BCUT2D eigenvalue weighted by molar-refractivity contribution is 7.97. The van der Waals surface area contributed by atoms with Crippen LogP contribution in [-0.2, 0) is 4.74 Å². The van der Waals surface area contributed by atoms with E-state index in [1.807, 2.05) is 55.5 Å². The van der Waals surface area contributed by atoms with Crippen LogP contribution in [0.2, 0.25) is 0 Å². The summed E-state index contributed by atoms with van der Waals surface area (Å²) in [6.45, 7) is 5.17. The first-order chi connectivity index (χ1) is 14.2. The molecule has 0 aliphatic carbocycles. The van der Waals surface area contributed by atoms with Crippen LogP contribution in [-0.4, -0.2) is 42.2 Å². The predicted octanol–water partition coefficient (Wildman–Crippen LogP) is 4.33. The van der Waals surface area contributed by atoms with Gasteiger partial charge in [-0.1, -0.05) is 48.5 Å². The molecular weight excluding hydrogens is 382 g/mol. The molecule has 1 amide bonds. The van der Waals surface area contributed by atoms with Crippen LogP contribution in [0.15, 0.2) is 76.7 Å². The average molecular weight is 406 g/mol. The molecule has 1 saturated heterocycles. The van der Waals surface area contributed by atoms with Gasteiger partial charge in [-0.3, -0.25) is 4.79 Å². The first-order valence-electron chi connectivity index (χ1n) is 9.64. The first-order valence-corrected chi connectivity index (χ1v) is 10.4. The number of morpholine rings is 1. The molecule has 0 spiro atoms. The van der Waals surface area contributed by atoms with Crippen LogP contribution >= 0.6 is 11.9 Å². The Morgan fingerprint density at radius 2 is 1.79 bits per heavy atom. The van der Waals surface area contributed by atoms with E-state index >= 15 is 0 Å². The molecule has 1 aliphatic heterocycles. The van der Waals surface area contributed by atoms with Crippen LogP contribution in [0.3, 0.4) is 0 Å². The van der Waals surface area contributed by atoms with Crippen molar-refractivity contribution in [3.8, 4) is 0 Å². The molecule has 1 N–H and O–H groups in total. The summed E-state index contributed by atoms with van der Waals surface area (Å²) in [4.78, 5) is 13.7. The second-order valence-electron chi connectivity index (χ2n) is 6.83. The third-order valence-corrected chi connectivity index (χ3v) is 5.89. The van der Waals surface area contributed by atoms with Crippen LogP contribution in [0.5, 0.6) is 0 Å². The number of carbonyl (C=O) groups excluding carboxylic acids is 1. The Balaban J connectivity index is 1.46. The normalized spacial score (nSPS) is 15.4. The summed E-state index contributed by atoms with van der Waals surface area (Å²) in [6, 6.07) is 21.9. The van der Waals surface area contributed by atoms with E-state index in [-0.39, 0.29) is 5.91 Å². The van der Waals surface area contributed by atoms with Gasteiger partial charge in [0.25, 0.3) is 5.91 Å². The SMILES string of the molecule is C/C(=N\NC(=O)c1cccc(SN2CCOCC2)c1)c1cccc2ccccc12. The van der Waals surface area contributed by atoms with E-state index in [0.717, 1.165) is 53.2 Å². The van der Waals surface area contributed by atoms with Crippen molar-refractivity contribution in [2.24, 2.45) is 5.10 Å². The molecule has 0 bridgehead atoms. The fourth-order valence-electron chi connectivity index (χ4n) is 3.28. The second kappa shape index (κ2) is 9.22. The van der Waals surface area contributed by atoms with Crippen molar-refractivity contribution >= 4 is 34.3 Å². The Kier molecular flexibility index (Phi) is 6.24. The molecule has 1 heterocycles. The van der Waals surface area contributed by atoms with Crippen LogP contribution in [0.1, 0.15) is 22.8 Å². The van der Waals surface area contributed by atoms with Gasteiger partial charge >= 0.3 is 0 Å². The average Bonchev–Trinajstić information content (AvgIpc) is 2.77. The molecule has 0 radical (unpaired) electrons. The highest BCUT2D eigenvalue weighted by Gasteiger charge is 2.13. The van der Waals surface area contributed by atoms with Gasteiger partial charge in [-0.15, -0.1) is 0 Å². The number of ether oxygens (including phenoxy) is 1. The van der Waals surface area contributed by atoms with Gasteiger partial charge in [0.1, 0.15) is 0 Å². The molecule has 1 fully saturated rings. The number of nitrogens with zero attached hydrogens (tertiary/aromatic N) is 2. The molecule has 0 unspecified atom stereocenters. The minimum absolute atomic E-state index is 0.214. The highest BCUT2D eigenvalue weighted by Crippen LogP contribution is 2.24. The van der Waals surface area contributed by atoms with Gasteiger partial charge in [0, 0.05) is 29.1 Å². The Morgan fingerprint density at radius 1 is 1.03 bits per heavy atom. The van der Waals surface area contributed by atoms with E-state index < -0.39 is 0 Å². The van der Waals surface area contributed by atoms with Gasteiger partial charge in [-0.2, -0.15) is 5.10 Å². The Bertz CT molecular complexity index is 1040. The lowest BCUT2D eigenvalue weighted by molar-refractivity contribution is 0.0773. The molecule has 1 aliphatic rings. The monoisotopic (exact) mass is 405 g/mol. The molecule has 3 aromatic carbocycles. The minimum atomic E-state index is -0.214. The van der Waals surface area contributed by atoms with Crippen LogP contribution in [0.4, 0.5) is 0 Å². The van der Waals surface area contributed by atoms with Crippen LogP contribution in [0.25, 0.3) is 10.8 Å². The number of hydrogen-bond donors (Lipinski definition) is 1. The predicted molar refractivity (Wildman–Crippen MR) is 118 cm³/mol. The Hall–Kier alpha value is -2.67. The minimum Gasteiger partial charge on any atom is -0.379 e. The van der Waals surface area contributed by atoms with Crippen molar-refractivity contribution < 1.29 is 9.53 Å². The lowest BCUT2D eigenvalue weighted by Gasteiger charge is -2.25. The fraction of sp³-hybridized carbons (Fsp3) is 0.217. The Morgan fingerprint density at radius 3 is 2.66 bits per heavy atom. The summed E-state index contributed by atoms with van der Waals surface area (Å²) >= 11 is 1.66. The third kappa shape index (κ3) is 4.85. The van der Waals surface area contributed by atoms with E-state index in [1.54, 1.807) is 11.9 Å². The van der Waals surface area contributed by atoms with Crippen molar-refractivity contribution in [2.75, 3.05) is 26.3 Å². The quantitative estimate of drug-likeness (QED) is 0.390. The molecule has 0 aromatic heterocycles. The number of amides is 1. The van der Waals surface area contributed by atoms with Crippen molar-refractivity contribution in [2.45, 2.75) is 11.8 Å².